The monoisotopic (exact) mass is 476 g/mol. The maximum Gasteiger partial charge on any atom is 0.311 e. The third-order valence-corrected chi connectivity index (χ3v) is 9.44. The van der Waals surface area contributed by atoms with Gasteiger partial charge in [-0.2, -0.15) is 0 Å². The molecule has 0 aromatic carbocycles. The summed E-state index contributed by atoms with van der Waals surface area (Å²) in [7, 11) is 0. The minimum Gasteiger partial charge on any atom is -0.461 e. The van der Waals surface area contributed by atoms with Gasteiger partial charge in [0, 0.05) is 30.5 Å². The lowest BCUT2D eigenvalue weighted by Gasteiger charge is -2.38. The van der Waals surface area contributed by atoms with Gasteiger partial charge in [0.05, 0.1) is 16.6 Å². The predicted octanol–water partition coefficient (Wildman–Crippen LogP) is 2.54. The molecule has 2 fully saturated rings. The van der Waals surface area contributed by atoms with Crippen LogP contribution >= 0.6 is 11.8 Å². The molecule has 2 saturated heterocycles. The van der Waals surface area contributed by atoms with Crippen LogP contribution in [0, 0.1) is 11.8 Å². The first kappa shape index (κ1) is 24.3. The van der Waals surface area contributed by atoms with E-state index < -0.39 is 27.4 Å². The maximum atomic E-state index is 14.1. The first-order valence-corrected chi connectivity index (χ1v) is 13.1. The third-order valence-electron chi connectivity index (χ3n) is 7.64. The molecular weight excluding hydrogens is 440 g/mol. The SMILES string of the molecule is CCCC(C)N1CC=C[C@]23S[C@]4(C)C=CCOC(=O)[C@@H]4[C@H]2C(=O)N(CCCCCO)C3C1=O. The number of thioether (sulfide) groups is 1. The number of unbranched alkanes of at least 4 members (excludes halogenated alkanes) is 2. The molecule has 6 atom stereocenters. The fourth-order valence-corrected chi connectivity index (χ4v) is 8.31. The molecule has 8 heteroatoms. The van der Waals surface area contributed by atoms with Crippen molar-refractivity contribution in [3.8, 4) is 0 Å². The zero-order valence-corrected chi connectivity index (χ0v) is 20.7. The van der Waals surface area contributed by atoms with Crippen molar-refractivity contribution in [1.29, 1.82) is 0 Å². The van der Waals surface area contributed by atoms with Crippen LogP contribution in [0.3, 0.4) is 0 Å². The number of nitrogens with zero attached hydrogens (tertiary/aromatic N) is 2. The zero-order chi connectivity index (χ0) is 23.8. The highest BCUT2D eigenvalue weighted by atomic mass is 32.2. The minimum atomic E-state index is -0.800. The molecule has 1 N–H and O–H groups in total. The number of cyclic esters (lactones) is 1. The molecule has 4 aliphatic rings. The van der Waals surface area contributed by atoms with E-state index in [1.165, 1.54) is 0 Å². The lowest BCUT2D eigenvalue weighted by atomic mass is 9.75. The molecule has 33 heavy (non-hydrogen) atoms. The van der Waals surface area contributed by atoms with Gasteiger partial charge in [0.2, 0.25) is 11.8 Å². The summed E-state index contributed by atoms with van der Waals surface area (Å²) in [4.78, 5) is 44.8. The number of amides is 2. The van der Waals surface area contributed by atoms with E-state index in [-0.39, 0.29) is 37.0 Å². The molecule has 2 amide bonds. The highest BCUT2D eigenvalue weighted by Gasteiger charge is 2.74. The third kappa shape index (κ3) is 3.93. The molecule has 0 aliphatic carbocycles. The summed E-state index contributed by atoms with van der Waals surface area (Å²) in [6.45, 7) is 7.46. The van der Waals surface area contributed by atoms with Crippen LogP contribution in [0.2, 0.25) is 0 Å². The van der Waals surface area contributed by atoms with Crippen LogP contribution in [0.25, 0.3) is 0 Å². The number of carbonyl (C=O) groups is 3. The van der Waals surface area contributed by atoms with Gasteiger partial charge in [-0.05, 0) is 45.6 Å². The number of aliphatic hydroxyl groups excluding tert-OH is 1. The van der Waals surface area contributed by atoms with Crippen LogP contribution < -0.4 is 0 Å². The summed E-state index contributed by atoms with van der Waals surface area (Å²) in [5, 5.41) is 9.16. The van der Waals surface area contributed by atoms with Crippen molar-refractivity contribution in [2.45, 2.75) is 74.5 Å². The highest BCUT2D eigenvalue weighted by Crippen LogP contribution is 2.65. The van der Waals surface area contributed by atoms with E-state index in [1.54, 1.807) is 16.7 Å². The number of carbonyl (C=O) groups excluding carboxylic acids is 3. The Morgan fingerprint density at radius 1 is 1.15 bits per heavy atom. The number of esters is 1. The second-order valence-corrected chi connectivity index (χ2v) is 11.7. The van der Waals surface area contributed by atoms with Gasteiger partial charge in [0.15, 0.2) is 0 Å². The van der Waals surface area contributed by atoms with E-state index in [0.29, 0.717) is 25.9 Å². The van der Waals surface area contributed by atoms with Gasteiger partial charge < -0.3 is 19.6 Å². The quantitative estimate of drug-likeness (QED) is 0.329. The van der Waals surface area contributed by atoms with Gasteiger partial charge in [0.1, 0.15) is 12.6 Å². The number of rotatable bonds is 8. The maximum absolute atomic E-state index is 14.1. The summed E-state index contributed by atoms with van der Waals surface area (Å²) >= 11 is 1.59. The first-order valence-electron chi connectivity index (χ1n) is 12.2. The lowest BCUT2D eigenvalue weighted by Crippen LogP contribution is -2.55. The topological polar surface area (TPSA) is 87.2 Å². The lowest BCUT2D eigenvalue weighted by molar-refractivity contribution is -0.152. The van der Waals surface area contributed by atoms with E-state index in [0.717, 1.165) is 19.3 Å². The molecule has 0 bridgehead atoms. The van der Waals surface area contributed by atoms with Crippen LogP contribution in [-0.4, -0.2) is 80.6 Å². The molecule has 7 nitrogen and oxygen atoms in total. The van der Waals surface area contributed by atoms with Crippen LogP contribution in [0.5, 0.6) is 0 Å². The van der Waals surface area contributed by atoms with Crippen molar-refractivity contribution in [1.82, 2.24) is 9.80 Å². The van der Waals surface area contributed by atoms with Crippen molar-refractivity contribution >= 4 is 29.5 Å². The van der Waals surface area contributed by atoms with E-state index in [9.17, 15) is 14.4 Å². The molecule has 0 radical (unpaired) electrons. The Labute approximate surface area is 200 Å². The van der Waals surface area contributed by atoms with Crippen LogP contribution in [0.1, 0.15) is 52.9 Å². The van der Waals surface area contributed by atoms with E-state index in [4.69, 9.17) is 9.84 Å². The van der Waals surface area contributed by atoms with Crippen LogP contribution in [-0.2, 0) is 19.1 Å². The first-order chi connectivity index (χ1) is 15.8. The second kappa shape index (κ2) is 9.45. The van der Waals surface area contributed by atoms with E-state index in [2.05, 4.69) is 19.9 Å². The largest absolute Gasteiger partial charge is 0.461 e. The van der Waals surface area contributed by atoms with Gasteiger partial charge in [-0.1, -0.05) is 31.6 Å². The summed E-state index contributed by atoms with van der Waals surface area (Å²) in [5.74, 6) is -1.76. The number of ether oxygens (including phenoxy) is 1. The average molecular weight is 477 g/mol. The molecule has 1 spiro atoms. The van der Waals surface area contributed by atoms with Crippen molar-refractivity contribution in [3.63, 3.8) is 0 Å². The Bertz CT molecular complexity index is 860. The standard InChI is InChI=1S/C25H36N2O5S/c1-4-10-17(2)26-14-8-12-25-18(19-23(31)32-16-9-11-24(19,3)33-25)21(29)27(20(25)22(26)30)13-6-5-7-15-28/h8-9,11-12,17-20,28H,4-7,10,13-16H2,1-3H3/t17?,18-,19-,20?,24+,25-/m0/s1. The number of likely N-dealkylation sites (tertiary alicyclic amines) is 1. The van der Waals surface area contributed by atoms with Crippen LogP contribution in [0.15, 0.2) is 24.3 Å². The number of fused-ring (bicyclic) bond motifs is 2. The number of aliphatic hydroxyl groups is 1. The Morgan fingerprint density at radius 3 is 2.67 bits per heavy atom. The molecule has 2 unspecified atom stereocenters. The second-order valence-electron chi connectivity index (χ2n) is 9.88. The van der Waals surface area contributed by atoms with Crippen LogP contribution in [0.4, 0.5) is 0 Å². The molecular formula is C25H36N2O5S. The normalized spacial score (nSPS) is 36.2. The van der Waals surface area contributed by atoms with Gasteiger partial charge in [-0.15, -0.1) is 11.8 Å². The Kier molecular flexibility index (Phi) is 6.97. The molecule has 0 saturated carbocycles. The minimum absolute atomic E-state index is 0.0242. The summed E-state index contributed by atoms with van der Waals surface area (Å²) in [6, 6.07) is -0.567. The molecule has 4 rings (SSSR count). The Balaban J connectivity index is 1.77. The summed E-state index contributed by atoms with van der Waals surface area (Å²) < 4.78 is 4.05. The predicted molar refractivity (Wildman–Crippen MR) is 127 cm³/mol. The highest BCUT2D eigenvalue weighted by molar-refractivity contribution is 8.02. The summed E-state index contributed by atoms with van der Waals surface area (Å²) in [5.41, 5.74) is 0. The molecule has 0 aromatic rings. The van der Waals surface area contributed by atoms with Gasteiger partial charge in [-0.25, -0.2) is 0 Å². The van der Waals surface area contributed by atoms with Crippen molar-refractivity contribution in [3.05, 3.63) is 24.3 Å². The van der Waals surface area contributed by atoms with Gasteiger partial charge >= 0.3 is 5.97 Å². The zero-order valence-electron chi connectivity index (χ0n) is 19.9. The fraction of sp³-hybridized carbons (Fsp3) is 0.720. The number of hydrogen-bond acceptors (Lipinski definition) is 6. The van der Waals surface area contributed by atoms with Crippen molar-refractivity contribution in [2.24, 2.45) is 11.8 Å². The molecule has 4 aliphatic heterocycles. The molecule has 0 aromatic heterocycles. The summed E-state index contributed by atoms with van der Waals surface area (Å²) in [6.07, 6.45) is 12.0. The van der Waals surface area contributed by atoms with Crippen molar-refractivity contribution in [2.75, 3.05) is 26.3 Å². The molecule has 182 valence electrons. The van der Waals surface area contributed by atoms with Gasteiger partial charge in [0.25, 0.3) is 0 Å². The Hall–Kier alpha value is -1.80. The van der Waals surface area contributed by atoms with Gasteiger partial charge in [-0.3, -0.25) is 14.4 Å². The van der Waals surface area contributed by atoms with E-state index >= 15 is 0 Å². The number of hydrogen-bond donors (Lipinski definition) is 1. The average Bonchev–Trinajstić information content (AvgIpc) is 3.02. The fourth-order valence-electron chi connectivity index (χ4n) is 6.15. The van der Waals surface area contributed by atoms with E-state index in [1.807, 2.05) is 30.1 Å². The smallest absolute Gasteiger partial charge is 0.311 e. The Morgan fingerprint density at radius 2 is 1.94 bits per heavy atom. The molecule has 4 heterocycles. The van der Waals surface area contributed by atoms with Crippen molar-refractivity contribution < 1.29 is 24.2 Å².